The van der Waals surface area contributed by atoms with Crippen LogP contribution in [0.25, 0.3) is 5.76 Å². The highest BCUT2D eigenvalue weighted by Gasteiger charge is 2.64. The summed E-state index contributed by atoms with van der Waals surface area (Å²) < 4.78 is 0. The molecular formula is C30H32N4O8. The fourth-order valence-corrected chi connectivity index (χ4v) is 6.38. The summed E-state index contributed by atoms with van der Waals surface area (Å²) in [6.45, 7) is 0. The first-order valence-corrected chi connectivity index (χ1v) is 13.3. The SMILES string of the molecule is CN(C)c1ccc(C(=O)NC2C(=O)C(C(N)=O)=C(O)[C@@]3(O)C(=O)C4=C(O)c5c(O)ccc(N(C)C)c5C[C@H]4C[C@@H]23)cc1. The van der Waals surface area contributed by atoms with E-state index in [1.165, 1.54) is 18.2 Å². The first kappa shape index (κ1) is 28.7. The Hall–Kier alpha value is -4.84. The molecule has 0 radical (unpaired) electrons. The maximum atomic E-state index is 14.0. The number of carbonyl (C=O) groups excluding carboxylic acids is 4. The topological polar surface area (TPSA) is 194 Å². The quantitative estimate of drug-likeness (QED) is 0.279. The molecule has 2 amide bonds. The molecule has 7 N–H and O–H groups in total. The molecule has 220 valence electrons. The smallest absolute Gasteiger partial charge is 0.255 e. The molecule has 12 nitrogen and oxygen atoms in total. The van der Waals surface area contributed by atoms with Crippen molar-refractivity contribution < 1.29 is 39.6 Å². The van der Waals surface area contributed by atoms with Crippen LogP contribution in [0.2, 0.25) is 0 Å². The van der Waals surface area contributed by atoms with Crippen LogP contribution in [0.5, 0.6) is 5.75 Å². The number of carbonyl (C=O) groups is 4. The van der Waals surface area contributed by atoms with Crippen LogP contribution in [-0.4, -0.2) is 83.6 Å². The van der Waals surface area contributed by atoms with Crippen LogP contribution in [0.15, 0.2) is 53.3 Å². The molecule has 42 heavy (non-hydrogen) atoms. The third-order valence-electron chi connectivity index (χ3n) is 8.47. The molecule has 2 aromatic carbocycles. The molecule has 5 rings (SSSR count). The molecule has 0 spiro atoms. The molecule has 1 saturated carbocycles. The van der Waals surface area contributed by atoms with Gasteiger partial charge in [0.15, 0.2) is 11.4 Å². The fraction of sp³-hybridized carbons (Fsp3) is 0.333. The Labute approximate surface area is 241 Å². The number of hydrogen-bond acceptors (Lipinski definition) is 10. The van der Waals surface area contributed by atoms with E-state index in [1.54, 1.807) is 37.2 Å². The number of primary amides is 1. The average Bonchev–Trinajstić information content (AvgIpc) is 2.92. The number of anilines is 2. The van der Waals surface area contributed by atoms with E-state index >= 15 is 0 Å². The zero-order chi connectivity index (χ0) is 30.8. The van der Waals surface area contributed by atoms with Gasteiger partial charge in [-0.25, -0.2) is 0 Å². The summed E-state index contributed by atoms with van der Waals surface area (Å²) in [6, 6.07) is 7.87. The summed E-state index contributed by atoms with van der Waals surface area (Å²) in [6.07, 6.45) is -0.00107. The van der Waals surface area contributed by atoms with Gasteiger partial charge >= 0.3 is 0 Å². The Morgan fingerprint density at radius 3 is 2.19 bits per heavy atom. The number of nitrogens with two attached hydrogens (primary N) is 1. The Bertz CT molecular complexity index is 1610. The van der Waals surface area contributed by atoms with Crippen molar-refractivity contribution in [3.05, 3.63) is 70.0 Å². The second kappa shape index (κ2) is 9.91. The third-order valence-corrected chi connectivity index (χ3v) is 8.47. The van der Waals surface area contributed by atoms with Crippen molar-refractivity contribution in [1.29, 1.82) is 0 Å². The van der Waals surface area contributed by atoms with Gasteiger partial charge in [0.2, 0.25) is 5.78 Å². The summed E-state index contributed by atoms with van der Waals surface area (Å²) in [5.41, 5.74) is 3.48. The second-order valence-electron chi connectivity index (χ2n) is 11.3. The van der Waals surface area contributed by atoms with Crippen molar-refractivity contribution in [2.75, 3.05) is 38.0 Å². The van der Waals surface area contributed by atoms with Crippen LogP contribution >= 0.6 is 0 Å². The predicted molar refractivity (Wildman–Crippen MR) is 153 cm³/mol. The highest BCUT2D eigenvalue weighted by atomic mass is 16.3. The van der Waals surface area contributed by atoms with Crippen molar-refractivity contribution in [3.8, 4) is 5.75 Å². The number of nitrogens with one attached hydrogen (secondary N) is 1. The number of ketones is 2. The Kier molecular flexibility index (Phi) is 6.77. The number of aliphatic hydroxyl groups excluding tert-OH is 2. The zero-order valence-electron chi connectivity index (χ0n) is 23.5. The van der Waals surface area contributed by atoms with Crippen LogP contribution in [0, 0.1) is 11.8 Å². The highest BCUT2D eigenvalue weighted by molar-refractivity contribution is 6.25. The normalized spacial score (nSPS) is 24.9. The number of phenols is 1. The van der Waals surface area contributed by atoms with E-state index in [2.05, 4.69) is 5.32 Å². The Balaban J connectivity index is 1.63. The molecule has 0 aliphatic heterocycles. The van der Waals surface area contributed by atoms with Gasteiger partial charge < -0.3 is 41.3 Å². The summed E-state index contributed by atoms with van der Waals surface area (Å²) in [5, 5.41) is 47.3. The van der Waals surface area contributed by atoms with Gasteiger partial charge in [-0.05, 0) is 60.7 Å². The van der Waals surface area contributed by atoms with Crippen molar-refractivity contribution in [1.82, 2.24) is 5.32 Å². The van der Waals surface area contributed by atoms with E-state index in [1.807, 2.05) is 19.0 Å². The molecular weight excluding hydrogens is 544 g/mol. The lowest BCUT2D eigenvalue weighted by atomic mass is 9.57. The molecule has 1 fully saturated rings. The van der Waals surface area contributed by atoms with Crippen molar-refractivity contribution in [2.45, 2.75) is 24.5 Å². The van der Waals surface area contributed by atoms with Gasteiger partial charge in [-0.3, -0.25) is 19.2 Å². The number of Topliss-reactive ketones (excluding diaryl/α,β-unsaturated/α-hetero) is 2. The Morgan fingerprint density at radius 1 is 0.976 bits per heavy atom. The number of nitrogens with zero attached hydrogens (tertiary/aromatic N) is 2. The van der Waals surface area contributed by atoms with Crippen molar-refractivity contribution in [3.63, 3.8) is 0 Å². The van der Waals surface area contributed by atoms with Crippen LogP contribution in [0.3, 0.4) is 0 Å². The number of benzene rings is 2. The molecule has 0 saturated heterocycles. The largest absolute Gasteiger partial charge is 0.508 e. The maximum Gasteiger partial charge on any atom is 0.255 e. The third kappa shape index (κ3) is 4.09. The molecule has 0 aromatic heterocycles. The minimum atomic E-state index is -2.86. The summed E-state index contributed by atoms with van der Waals surface area (Å²) in [4.78, 5) is 56.8. The lowest BCUT2D eigenvalue weighted by Crippen LogP contribution is -2.66. The van der Waals surface area contributed by atoms with Crippen LogP contribution in [0.4, 0.5) is 11.4 Å². The van der Waals surface area contributed by atoms with Crippen molar-refractivity contribution in [2.24, 2.45) is 17.6 Å². The highest BCUT2D eigenvalue weighted by Crippen LogP contribution is 2.53. The Morgan fingerprint density at radius 2 is 1.62 bits per heavy atom. The van der Waals surface area contributed by atoms with E-state index < -0.39 is 64.0 Å². The van der Waals surface area contributed by atoms with E-state index in [4.69, 9.17) is 5.73 Å². The molecule has 3 aliphatic rings. The lowest BCUT2D eigenvalue weighted by molar-refractivity contribution is -0.150. The van der Waals surface area contributed by atoms with Crippen LogP contribution in [0.1, 0.15) is 27.9 Å². The van der Waals surface area contributed by atoms with Gasteiger partial charge in [0.25, 0.3) is 11.8 Å². The van der Waals surface area contributed by atoms with Crippen LogP contribution in [-0.2, 0) is 20.8 Å². The average molecular weight is 577 g/mol. The number of amides is 2. The number of fused-ring (bicyclic) bond motifs is 3. The van der Waals surface area contributed by atoms with E-state index in [9.17, 15) is 39.6 Å². The fourth-order valence-electron chi connectivity index (χ4n) is 6.38. The van der Waals surface area contributed by atoms with E-state index in [0.29, 0.717) is 11.3 Å². The van der Waals surface area contributed by atoms with Gasteiger partial charge in [-0.1, -0.05) is 0 Å². The van der Waals surface area contributed by atoms with Gasteiger partial charge in [-0.2, -0.15) is 0 Å². The summed E-state index contributed by atoms with van der Waals surface area (Å²) in [5.74, 6) is -8.56. The summed E-state index contributed by atoms with van der Waals surface area (Å²) >= 11 is 0. The van der Waals surface area contributed by atoms with Crippen LogP contribution < -0.4 is 20.9 Å². The monoisotopic (exact) mass is 576 g/mol. The molecule has 12 heteroatoms. The predicted octanol–water partition coefficient (Wildman–Crippen LogP) is 0.964. The molecule has 0 bridgehead atoms. The van der Waals surface area contributed by atoms with Gasteiger partial charge in [0.05, 0.1) is 11.6 Å². The number of hydrogen-bond donors (Lipinski definition) is 6. The number of aromatic hydroxyl groups is 1. The lowest BCUT2D eigenvalue weighted by Gasteiger charge is -2.49. The number of rotatable bonds is 5. The second-order valence-corrected chi connectivity index (χ2v) is 11.3. The minimum Gasteiger partial charge on any atom is -0.508 e. The zero-order valence-corrected chi connectivity index (χ0v) is 23.5. The molecule has 3 aliphatic carbocycles. The van der Waals surface area contributed by atoms with Gasteiger partial charge in [0, 0.05) is 56.6 Å². The van der Waals surface area contributed by atoms with Gasteiger partial charge in [-0.15, -0.1) is 0 Å². The van der Waals surface area contributed by atoms with Crippen molar-refractivity contribution >= 4 is 40.5 Å². The number of aliphatic hydroxyl groups is 3. The standard InChI is InChI=1S/C30H32N4O8/c1-33(2)15-7-5-13(6-8-15)29(41)32-23-17-12-14-11-16-18(34(3)4)9-10-19(35)21(16)24(36)20(14)26(38)30(17,42)27(39)22(25(23)37)28(31)40/h5-10,14,17,23,35-36,39,42H,11-12H2,1-4H3,(H2,31,40)(H,32,41)/t14-,17-,23?,30-/m0/s1. The summed E-state index contributed by atoms with van der Waals surface area (Å²) in [7, 11) is 7.21. The van der Waals surface area contributed by atoms with E-state index in [-0.39, 0.29) is 35.3 Å². The van der Waals surface area contributed by atoms with Gasteiger partial charge in [0.1, 0.15) is 22.8 Å². The molecule has 0 heterocycles. The minimum absolute atomic E-state index is 0.0133. The van der Waals surface area contributed by atoms with E-state index in [0.717, 1.165) is 5.69 Å². The first-order chi connectivity index (χ1) is 19.7. The first-order valence-electron chi connectivity index (χ1n) is 13.3. The molecule has 1 unspecified atom stereocenters. The number of phenolic OH excluding ortho intramolecular Hbond substituents is 1. The molecule has 2 aromatic rings. The maximum absolute atomic E-state index is 14.0. The molecule has 4 atom stereocenters.